The van der Waals surface area contributed by atoms with E-state index in [0.717, 1.165) is 35.5 Å². The average molecular weight is 344 g/mol. The number of aromatic nitrogens is 1. The van der Waals surface area contributed by atoms with Crippen LogP contribution in [-0.4, -0.2) is 29.5 Å². The number of benzene rings is 1. The van der Waals surface area contributed by atoms with Crippen LogP contribution in [0.25, 0.3) is 0 Å². The molecule has 3 nitrogen and oxygen atoms in total. The molecule has 0 aliphatic carbocycles. The molecule has 6 heteroatoms. The van der Waals surface area contributed by atoms with Crippen molar-refractivity contribution in [3.63, 3.8) is 0 Å². The molecule has 0 radical (unpaired) electrons. The quantitative estimate of drug-likeness (QED) is 0.924. The molecule has 21 heavy (non-hydrogen) atoms. The van der Waals surface area contributed by atoms with Crippen LogP contribution in [0.3, 0.4) is 0 Å². The Morgan fingerprint density at radius 1 is 1.29 bits per heavy atom. The largest absolute Gasteiger partial charge is 0.330 e. The second-order valence-corrected chi connectivity index (χ2v) is 7.01. The van der Waals surface area contributed by atoms with Gasteiger partial charge in [0.15, 0.2) is 0 Å². The third-order valence-electron chi connectivity index (χ3n) is 3.93. The Labute approximate surface area is 140 Å². The van der Waals surface area contributed by atoms with Crippen molar-refractivity contribution in [3.05, 3.63) is 51.4 Å². The first kappa shape index (κ1) is 16.7. The van der Waals surface area contributed by atoms with Gasteiger partial charge in [0.25, 0.3) is 0 Å². The summed E-state index contributed by atoms with van der Waals surface area (Å²) in [5, 5.41) is 1.08. The zero-order chi connectivity index (χ0) is 13.9. The van der Waals surface area contributed by atoms with Crippen molar-refractivity contribution >= 4 is 35.3 Å². The van der Waals surface area contributed by atoms with Crippen LogP contribution in [0.1, 0.15) is 16.5 Å². The summed E-state index contributed by atoms with van der Waals surface area (Å²) in [6.45, 7) is 3.68. The predicted octanol–water partition coefficient (Wildman–Crippen LogP) is 3.39. The number of nitrogens with zero attached hydrogens (tertiary/aromatic N) is 2. The Hall–Kier alpha value is -0.650. The standard InChI is InChI=1S/C15H18ClN3S.ClH/c16-14-7-18-15(20-14)10-19-8-12(6-17)13(9-19)11-4-2-1-3-5-11;/h1-5,7,12-13H,6,8-10,17H2;1H/t12-,13+;/m1./s1. The fourth-order valence-corrected chi connectivity index (χ4v) is 3.96. The third kappa shape index (κ3) is 3.96. The van der Waals surface area contributed by atoms with Gasteiger partial charge in [-0.25, -0.2) is 4.98 Å². The number of likely N-dealkylation sites (tertiary alicyclic amines) is 1. The van der Waals surface area contributed by atoms with Crippen molar-refractivity contribution in [1.29, 1.82) is 0 Å². The average Bonchev–Trinajstić information content (AvgIpc) is 3.06. The number of thiazole rings is 1. The maximum absolute atomic E-state index is 5.96. The molecule has 2 N–H and O–H groups in total. The molecular weight excluding hydrogens is 325 g/mol. The number of rotatable bonds is 4. The first-order valence-corrected chi connectivity index (χ1v) is 8.03. The molecule has 2 heterocycles. The summed E-state index contributed by atoms with van der Waals surface area (Å²) in [4.78, 5) is 6.78. The smallest absolute Gasteiger partial charge is 0.113 e. The maximum Gasteiger partial charge on any atom is 0.113 e. The molecule has 3 rings (SSSR count). The normalized spacial score (nSPS) is 22.2. The van der Waals surface area contributed by atoms with Crippen LogP contribution in [0, 0.1) is 5.92 Å². The summed E-state index contributed by atoms with van der Waals surface area (Å²) in [7, 11) is 0. The van der Waals surface area contributed by atoms with Crippen molar-refractivity contribution in [2.75, 3.05) is 19.6 Å². The molecule has 1 fully saturated rings. The van der Waals surface area contributed by atoms with Crippen LogP contribution in [0.2, 0.25) is 4.34 Å². The highest BCUT2D eigenvalue weighted by atomic mass is 35.5. The van der Waals surface area contributed by atoms with Crippen LogP contribution < -0.4 is 5.73 Å². The predicted molar refractivity (Wildman–Crippen MR) is 91.4 cm³/mol. The Bertz CT molecular complexity index is 561. The highest BCUT2D eigenvalue weighted by Crippen LogP contribution is 2.33. The highest BCUT2D eigenvalue weighted by Gasteiger charge is 2.32. The van der Waals surface area contributed by atoms with E-state index in [9.17, 15) is 0 Å². The molecule has 1 aliphatic rings. The van der Waals surface area contributed by atoms with Crippen molar-refractivity contribution in [2.24, 2.45) is 11.7 Å². The zero-order valence-corrected chi connectivity index (χ0v) is 14.0. The topological polar surface area (TPSA) is 42.1 Å². The highest BCUT2D eigenvalue weighted by molar-refractivity contribution is 7.15. The maximum atomic E-state index is 5.96. The zero-order valence-electron chi connectivity index (χ0n) is 11.6. The van der Waals surface area contributed by atoms with Gasteiger partial charge >= 0.3 is 0 Å². The minimum absolute atomic E-state index is 0. The van der Waals surface area contributed by atoms with E-state index in [1.54, 1.807) is 17.5 Å². The third-order valence-corrected chi connectivity index (χ3v) is 5.03. The van der Waals surface area contributed by atoms with E-state index in [4.69, 9.17) is 17.3 Å². The molecule has 0 spiro atoms. The molecule has 114 valence electrons. The first-order chi connectivity index (χ1) is 9.76. The molecule has 0 amide bonds. The molecular formula is C15H19Cl2N3S. The minimum atomic E-state index is 0. The van der Waals surface area contributed by atoms with E-state index in [-0.39, 0.29) is 12.4 Å². The van der Waals surface area contributed by atoms with Gasteiger partial charge in [-0.15, -0.1) is 23.7 Å². The molecule has 1 aromatic carbocycles. The Kier molecular flexibility index (Phi) is 6.02. The Morgan fingerprint density at radius 3 is 2.67 bits per heavy atom. The molecule has 0 unspecified atom stereocenters. The van der Waals surface area contributed by atoms with Gasteiger partial charge in [0.05, 0.1) is 12.7 Å². The first-order valence-electron chi connectivity index (χ1n) is 6.84. The van der Waals surface area contributed by atoms with Crippen LogP contribution >= 0.6 is 35.3 Å². The van der Waals surface area contributed by atoms with Crippen molar-refractivity contribution in [2.45, 2.75) is 12.5 Å². The van der Waals surface area contributed by atoms with Crippen molar-refractivity contribution in [3.8, 4) is 0 Å². The van der Waals surface area contributed by atoms with E-state index in [1.165, 1.54) is 5.56 Å². The van der Waals surface area contributed by atoms with Crippen LogP contribution in [-0.2, 0) is 6.54 Å². The van der Waals surface area contributed by atoms with Gasteiger partial charge in [0, 0.05) is 19.0 Å². The molecule has 0 bridgehead atoms. The van der Waals surface area contributed by atoms with Gasteiger partial charge in [-0.1, -0.05) is 41.9 Å². The van der Waals surface area contributed by atoms with E-state index in [0.29, 0.717) is 11.8 Å². The molecule has 2 aromatic rings. The summed E-state index contributed by atoms with van der Waals surface area (Å²) >= 11 is 7.51. The van der Waals surface area contributed by atoms with E-state index >= 15 is 0 Å². The number of halogens is 2. The summed E-state index contributed by atoms with van der Waals surface area (Å²) < 4.78 is 0.759. The summed E-state index contributed by atoms with van der Waals surface area (Å²) in [5.41, 5.74) is 7.35. The summed E-state index contributed by atoms with van der Waals surface area (Å²) in [6, 6.07) is 10.7. The van der Waals surface area contributed by atoms with Gasteiger partial charge in [0.1, 0.15) is 9.34 Å². The number of hydrogen-bond donors (Lipinski definition) is 1. The van der Waals surface area contributed by atoms with E-state index in [2.05, 4.69) is 40.2 Å². The summed E-state index contributed by atoms with van der Waals surface area (Å²) in [5.74, 6) is 1.05. The molecule has 0 saturated carbocycles. The van der Waals surface area contributed by atoms with Gasteiger partial charge in [-0.05, 0) is 18.0 Å². The fraction of sp³-hybridized carbons (Fsp3) is 0.400. The molecule has 2 atom stereocenters. The van der Waals surface area contributed by atoms with Crippen LogP contribution in [0.4, 0.5) is 0 Å². The Morgan fingerprint density at radius 2 is 2.05 bits per heavy atom. The van der Waals surface area contributed by atoms with E-state index < -0.39 is 0 Å². The SMILES string of the molecule is Cl.NC[C@@H]1CN(Cc2ncc(Cl)s2)C[C@H]1c1ccccc1. The van der Waals surface area contributed by atoms with Gasteiger partial charge in [0.2, 0.25) is 0 Å². The fourth-order valence-electron chi connectivity index (χ4n) is 2.96. The van der Waals surface area contributed by atoms with Crippen LogP contribution in [0.15, 0.2) is 36.5 Å². The van der Waals surface area contributed by atoms with Gasteiger partial charge < -0.3 is 5.73 Å². The minimum Gasteiger partial charge on any atom is -0.330 e. The van der Waals surface area contributed by atoms with Crippen molar-refractivity contribution < 1.29 is 0 Å². The summed E-state index contributed by atoms with van der Waals surface area (Å²) in [6.07, 6.45) is 1.73. The second-order valence-electron chi connectivity index (χ2n) is 5.27. The lowest BCUT2D eigenvalue weighted by atomic mass is 9.89. The molecule has 1 saturated heterocycles. The lowest BCUT2D eigenvalue weighted by molar-refractivity contribution is 0.316. The second kappa shape index (κ2) is 7.56. The van der Waals surface area contributed by atoms with E-state index in [1.807, 2.05) is 0 Å². The van der Waals surface area contributed by atoms with Gasteiger partial charge in [-0.3, -0.25) is 4.90 Å². The van der Waals surface area contributed by atoms with Crippen LogP contribution in [0.5, 0.6) is 0 Å². The lowest BCUT2D eigenvalue weighted by Crippen LogP contribution is -2.23. The number of nitrogens with two attached hydrogens (primary N) is 1. The monoisotopic (exact) mass is 343 g/mol. The van der Waals surface area contributed by atoms with Gasteiger partial charge in [-0.2, -0.15) is 0 Å². The lowest BCUT2D eigenvalue weighted by Gasteiger charge is -2.16. The molecule has 1 aromatic heterocycles. The Balaban J connectivity index is 0.00000161. The number of hydrogen-bond acceptors (Lipinski definition) is 4. The molecule has 1 aliphatic heterocycles. The van der Waals surface area contributed by atoms with Crippen molar-refractivity contribution in [1.82, 2.24) is 9.88 Å².